The first-order valence-electron chi connectivity index (χ1n) is 5.83. The minimum Gasteiger partial charge on any atom is -0.508 e. The fourth-order valence-corrected chi connectivity index (χ4v) is 2.38. The fourth-order valence-electron chi connectivity index (χ4n) is 1.99. The van der Waals surface area contributed by atoms with Crippen molar-refractivity contribution in [1.29, 1.82) is 0 Å². The van der Waals surface area contributed by atoms with Crippen molar-refractivity contribution in [1.82, 2.24) is 5.32 Å². The van der Waals surface area contributed by atoms with E-state index in [9.17, 15) is 5.11 Å². The molecule has 0 unspecified atom stereocenters. The maximum Gasteiger partial charge on any atom is 0.115 e. The van der Waals surface area contributed by atoms with Crippen LogP contribution in [0.25, 0.3) is 0 Å². The lowest BCUT2D eigenvalue weighted by Gasteiger charge is -2.14. The van der Waals surface area contributed by atoms with E-state index in [0.29, 0.717) is 11.2 Å². The van der Waals surface area contributed by atoms with E-state index in [0.717, 1.165) is 23.1 Å². The Morgan fingerprint density at radius 2 is 2.19 bits per heavy atom. The van der Waals surface area contributed by atoms with Crippen molar-refractivity contribution >= 4 is 15.9 Å². The van der Waals surface area contributed by atoms with Crippen LogP contribution in [-0.4, -0.2) is 11.7 Å². The van der Waals surface area contributed by atoms with Gasteiger partial charge in [-0.05, 0) is 48.4 Å². The Kier molecular flexibility index (Phi) is 3.55. The Labute approximate surface area is 105 Å². The van der Waals surface area contributed by atoms with Gasteiger partial charge in [-0.1, -0.05) is 22.9 Å². The number of phenolic OH excluding ortho intramolecular Hbond substituents is 1. The van der Waals surface area contributed by atoms with E-state index in [-0.39, 0.29) is 0 Å². The smallest absolute Gasteiger partial charge is 0.115 e. The van der Waals surface area contributed by atoms with Crippen LogP contribution in [0.5, 0.6) is 5.75 Å². The van der Waals surface area contributed by atoms with Crippen molar-refractivity contribution in [3.8, 4) is 5.75 Å². The van der Waals surface area contributed by atoms with E-state index in [2.05, 4.69) is 28.2 Å². The Hall–Kier alpha value is -0.540. The highest BCUT2D eigenvalue weighted by atomic mass is 79.9. The highest BCUT2D eigenvalue weighted by Gasteiger charge is 2.39. The lowest BCUT2D eigenvalue weighted by atomic mass is 10.0. The van der Waals surface area contributed by atoms with Gasteiger partial charge in [0.25, 0.3) is 0 Å². The zero-order valence-electron chi connectivity index (χ0n) is 9.59. The molecular weight excluding hydrogens is 266 g/mol. The molecule has 1 aliphatic rings. The molecule has 0 spiro atoms. The van der Waals surface area contributed by atoms with Crippen molar-refractivity contribution in [2.24, 2.45) is 5.41 Å². The number of rotatable bonds is 5. The van der Waals surface area contributed by atoms with Gasteiger partial charge in [0.15, 0.2) is 0 Å². The summed E-state index contributed by atoms with van der Waals surface area (Å²) in [7, 11) is 0. The van der Waals surface area contributed by atoms with Crippen LogP contribution in [0.1, 0.15) is 31.7 Å². The summed E-state index contributed by atoms with van der Waals surface area (Å²) in [5, 5.41) is 12.9. The monoisotopic (exact) mass is 283 g/mol. The minimum atomic E-state index is 0.330. The molecule has 0 saturated heterocycles. The Bertz CT molecular complexity index is 374. The molecule has 3 heteroatoms. The first-order valence-corrected chi connectivity index (χ1v) is 6.63. The molecule has 2 N–H and O–H groups in total. The molecule has 0 heterocycles. The van der Waals surface area contributed by atoms with Crippen LogP contribution in [-0.2, 0) is 6.54 Å². The summed E-state index contributed by atoms with van der Waals surface area (Å²) in [6.07, 6.45) is 3.98. The minimum absolute atomic E-state index is 0.330. The molecule has 1 fully saturated rings. The topological polar surface area (TPSA) is 32.3 Å². The van der Waals surface area contributed by atoms with E-state index < -0.39 is 0 Å². The standard InChI is InChI=1S/C13H18BrNO/c1-2-13(5-6-13)9-15-8-10-7-11(16)3-4-12(10)14/h3-4,7,15-16H,2,5-6,8-9H2,1H3. The summed E-state index contributed by atoms with van der Waals surface area (Å²) in [4.78, 5) is 0. The molecule has 16 heavy (non-hydrogen) atoms. The predicted octanol–water partition coefficient (Wildman–Crippen LogP) is 3.43. The third kappa shape index (κ3) is 2.77. The van der Waals surface area contributed by atoms with Gasteiger partial charge in [0.05, 0.1) is 0 Å². The van der Waals surface area contributed by atoms with E-state index in [1.54, 1.807) is 6.07 Å². The molecule has 1 saturated carbocycles. The van der Waals surface area contributed by atoms with Gasteiger partial charge in [-0.15, -0.1) is 0 Å². The second-order valence-corrected chi connectivity index (χ2v) is 5.59. The van der Waals surface area contributed by atoms with Gasteiger partial charge in [-0.25, -0.2) is 0 Å². The summed E-state index contributed by atoms with van der Waals surface area (Å²) in [6, 6.07) is 5.39. The number of nitrogens with one attached hydrogen (secondary N) is 1. The first-order chi connectivity index (χ1) is 7.65. The zero-order chi connectivity index (χ0) is 11.6. The van der Waals surface area contributed by atoms with Gasteiger partial charge in [0.1, 0.15) is 5.75 Å². The maximum absolute atomic E-state index is 9.41. The highest BCUT2D eigenvalue weighted by molar-refractivity contribution is 9.10. The quantitative estimate of drug-likeness (QED) is 0.868. The number of hydrogen-bond donors (Lipinski definition) is 2. The molecular formula is C13H18BrNO. The Morgan fingerprint density at radius 3 is 2.81 bits per heavy atom. The third-order valence-electron chi connectivity index (χ3n) is 3.55. The number of halogens is 1. The van der Waals surface area contributed by atoms with Gasteiger partial charge < -0.3 is 10.4 Å². The van der Waals surface area contributed by atoms with Crippen molar-refractivity contribution in [3.63, 3.8) is 0 Å². The lowest BCUT2D eigenvalue weighted by molar-refractivity contribution is 0.442. The summed E-state index contributed by atoms with van der Waals surface area (Å²) < 4.78 is 1.05. The van der Waals surface area contributed by atoms with E-state index in [1.165, 1.54) is 19.3 Å². The highest BCUT2D eigenvalue weighted by Crippen LogP contribution is 2.47. The van der Waals surface area contributed by atoms with Crippen LogP contribution in [0.3, 0.4) is 0 Å². The van der Waals surface area contributed by atoms with E-state index >= 15 is 0 Å². The fraction of sp³-hybridized carbons (Fsp3) is 0.538. The van der Waals surface area contributed by atoms with E-state index in [4.69, 9.17) is 0 Å². The average molecular weight is 284 g/mol. The second-order valence-electron chi connectivity index (χ2n) is 4.73. The molecule has 1 aromatic rings. The van der Waals surface area contributed by atoms with Gasteiger partial charge in [-0.3, -0.25) is 0 Å². The van der Waals surface area contributed by atoms with Crippen molar-refractivity contribution < 1.29 is 5.11 Å². The molecule has 2 nitrogen and oxygen atoms in total. The van der Waals surface area contributed by atoms with Gasteiger partial charge >= 0.3 is 0 Å². The van der Waals surface area contributed by atoms with Crippen LogP contribution in [0.4, 0.5) is 0 Å². The molecule has 0 amide bonds. The predicted molar refractivity (Wildman–Crippen MR) is 69.5 cm³/mol. The molecule has 0 bridgehead atoms. The van der Waals surface area contributed by atoms with Crippen LogP contribution in [0, 0.1) is 5.41 Å². The summed E-state index contributed by atoms with van der Waals surface area (Å²) >= 11 is 3.49. The first kappa shape index (κ1) is 11.9. The summed E-state index contributed by atoms with van der Waals surface area (Å²) in [5.41, 5.74) is 1.69. The Balaban J connectivity index is 1.87. The van der Waals surface area contributed by atoms with Crippen molar-refractivity contribution in [2.75, 3.05) is 6.54 Å². The molecule has 0 radical (unpaired) electrons. The molecule has 0 atom stereocenters. The molecule has 0 aliphatic heterocycles. The van der Waals surface area contributed by atoms with Gasteiger partial charge in [-0.2, -0.15) is 0 Å². The van der Waals surface area contributed by atoms with Gasteiger partial charge in [0.2, 0.25) is 0 Å². The van der Waals surface area contributed by atoms with Crippen molar-refractivity contribution in [2.45, 2.75) is 32.7 Å². The van der Waals surface area contributed by atoms with Crippen LogP contribution < -0.4 is 5.32 Å². The lowest BCUT2D eigenvalue weighted by Crippen LogP contribution is -2.23. The zero-order valence-corrected chi connectivity index (χ0v) is 11.2. The number of benzene rings is 1. The second kappa shape index (κ2) is 4.76. The van der Waals surface area contributed by atoms with Crippen LogP contribution in [0.2, 0.25) is 0 Å². The summed E-state index contributed by atoms with van der Waals surface area (Å²) in [5.74, 6) is 0.330. The van der Waals surface area contributed by atoms with Crippen molar-refractivity contribution in [3.05, 3.63) is 28.2 Å². The molecule has 1 aliphatic carbocycles. The molecule has 1 aromatic carbocycles. The number of aromatic hydroxyl groups is 1. The van der Waals surface area contributed by atoms with E-state index in [1.807, 2.05) is 12.1 Å². The average Bonchev–Trinajstić information content (AvgIpc) is 3.04. The van der Waals surface area contributed by atoms with Gasteiger partial charge in [0, 0.05) is 17.6 Å². The number of phenols is 1. The van der Waals surface area contributed by atoms with Crippen LogP contribution in [0.15, 0.2) is 22.7 Å². The molecule has 0 aromatic heterocycles. The number of hydrogen-bond acceptors (Lipinski definition) is 2. The maximum atomic E-state index is 9.41. The Morgan fingerprint density at radius 1 is 1.44 bits per heavy atom. The largest absolute Gasteiger partial charge is 0.508 e. The molecule has 88 valence electrons. The normalized spacial score (nSPS) is 17.4. The third-order valence-corrected chi connectivity index (χ3v) is 4.33. The SMILES string of the molecule is CCC1(CNCc2cc(O)ccc2Br)CC1. The molecule has 2 rings (SSSR count). The van der Waals surface area contributed by atoms with Crippen LogP contribution >= 0.6 is 15.9 Å². The summed E-state index contributed by atoms with van der Waals surface area (Å²) in [6.45, 7) is 4.17.